The Labute approximate surface area is 150 Å². The number of aliphatic hydroxyl groups is 1. The molecule has 0 aliphatic rings. The van der Waals surface area contributed by atoms with Crippen LogP contribution in [0.25, 0.3) is 22.2 Å². The molecule has 0 amide bonds. The molecule has 0 aliphatic heterocycles. The molecule has 2 aromatic carbocycles. The predicted molar refractivity (Wildman–Crippen MR) is 98.3 cm³/mol. The highest BCUT2D eigenvalue weighted by atomic mass is 16.5. The first-order valence-corrected chi connectivity index (χ1v) is 8.19. The Morgan fingerprint density at radius 2 is 1.88 bits per heavy atom. The van der Waals surface area contributed by atoms with Gasteiger partial charge in [0.1, 0.15) is 11.5 Å². The third-order valence-electron chi connectivity index (χ3n) is 4.43. The third-order valence-corrected chi connectivity index (χ3v) is 4.43. The number of para-hydroxylation sites is 1. The van der Waals surface area contributed by atoms with Crippen molar-refractivity contribution in [3.8, 4) is 17.1 Å². The van der Waals surface area contributed by atoms with Crippen LogP contribution >= 0.6 is 0 Å². The Bertz CT molecular complexity index is 1070. The second kappa shape index (κ2) is 6.54. The Kier molecular flexibility index (Phi) is 4.07. The van der Waals surface area contributed by atoms with E-state index in [0.717, 1.165) is 16.5 Å². The van der Waals surface area contributed by atoms with Crippen LogP contribution in [0.4, 0.5) is 0 Å². The lowest BCUT2D eigenvalue weighted by Crippen LogP contribution is -2.10. The van der Waals surface area contributed by atoms with Crippen molar-refractivity contribution in [1.29, 1.82) is 0 Å². The van der Waals surface area contributed by atoms with Gasteiger partial charge in [-0.05, 0) is 36.4 Å². The first kappa shape index (κ1) is 16.2. The van der Waals surface area contributed by atoms with Crippen molar-refractivity contribution < 1.29 is 19.1 Å². The average Bonchev–Trinajstić information content (AvgIpc) is 3.31. The lowest BCUT2D eigenvalue weighted by atomic mass is 10.1. The number of hydrogen-bond acceptors (Lipinski definition) is 4. The van der Waals surface area contributed by atoms with Crippen molar-refractivity contribution in [2.24, 2.45) is 0 Å². The maximum atomic E-state index is 13.0. The van der Waals surface area contributed by atoms with E-state index >= 15 is 0 Å². The number of benzene rings is 2. The van der Waals surface area contributed by atoms with Crippen molar-refractivity contribution in [1.82, 2.24) is 4.57 Å². The molecule has 5 heteroatoms. The van der Waals surface area contributed by atoms with Crippen LogP contribution in [0, 0.1) is 0 Å². The molecule has 0 radical (unpaired) electrons. The highest BCUT2D eigenvalue weighted by Crippen LogP contribution is 2.34. The number of hydrogen-bond donors (Lipinski definition) is 1. The monoisotopic (exact) mass is 347 g/mol. The molecular formula is C21H17NO4. The molecule has 26 heavy (non-hydrogen) atoms. The van der Waals surface area contributed by atoms with Gasteiger partial charge in [0.2, 0.25) is 0 Å². The summed E-state index contributed by atoms with van der Waals surface area (Å²) in [6, 6.07) is 16.4. The molecule has 0 unspecified atom stereocenters. The van der Waals surface area contributed by atoms with E-state index in [-0.39, 0.29) is 12.5 Å². The second-order valence-corrected chi connectivity index (χ2v) is 5.90. The van der Waals surface area contributed by atoms with E-state index in [4.69, 9.17) is 9.15 Å². The van der Waals surface area contributed by atoms with Gasteiger partial charge in [-0.2, -0.15) is 0 Å². The summed E-state index contributed by atoms with van der Waals surface area (Å²) in [4.78, 5) is 13.0. The Balaban J connectivity index is 1.86. The van der Waals surface area contributed by atoms with Crippen LogP contribution in [-0.4, -0.2) is 22.7 Å². The summed E-state index contributed by atoms with van der Waals surface area (Å²) in [5.41, 5.74) is 2.80. The number of methoxy groups -OCH3 is 1. The largest absolute Gasteiger partial charge is 0.497 e. The topological polar surface area (TPSA) is 64.6 Å². The molecule has 0 bridgehead atoms. The number of ether oxygens (including phenoxy) is 1. The van der Waals surface area contributed by atoms with E-state index < -0.39 is 0 Å². The van der Waals surface area contributed by atoms with Gasteiger partial charge < -0.3 is 14.3 Å². The van der Waals surface area contributed by atoms with Crippen LogP contribution in [0.2, 0.25) is 0 Å². The van der Waals surface area contributed by atoms with Crippen molar-refractivity contribution >= 4 is 16.8 Å². The summed E-state index contributed by atoms with van der Waals surface area (Å²) in [6.45, 7) is -0.127. The smallest absolute Gasteiger partial charge is 0.262 e. The van der Waals surface area contributed by atoms with Gasteiger partial charge in [0.25, 0.3) is 5.91 Å². The van der Waals surface area contributed by atoms with Gasteiger partial charge in [-0.3, -0.25) is 9.36 Å². The zero-order chi connectivity index (χ0) is 18.1. The molecule has 5 nitrogen and oxygen atoms in total. The van der Waals surface area contributed by atoms with E-state index in [0.29, 0.717) is 22.6 Å². The summed E-state index contributed by atoms with van der Waals surface area (Å²) in [5.74, 6) is 1.12. The predicted octanol–water partition coefficient (Wildman–Crippen LogP) is 4.09. The average molecular weight is 347 g/mol. The number of nitrogens with zero attached hydrogens (tertiary/aromatic N) is 1. The highest BCUT2D eigenvalue weighted by Gasteiger charge is 2.19. The molecule has 0 saturated heterocycles. The maximum Gasteiger partial charge on any atom is 0.262 e. The molecule has 0 atom stereocenters. The van der Waals surface area contributed by atoms with Crippen molar-refractivity contribution in [3.63, 3.8) is 0 Å². The normalized spacial score (nSPS) is 11.0. The minimum atomic E-state index is -0.146. The molecule has 1 N–H and O–H groups in total. The minimum absolute atomic E-state index is 0.127. The second-order valence-electron chi connectivity index (χ2n) is 5.90. The molecule has 0 fully saturated rings. The van der Waals surface area contributed by atoms with Crippen LogP contribution < -0.4 is 4.74 Å². The van der Waals surface area contributed by atoms with Crippen LogP contribution in [0.15, 0.2) is 71.5 Å². The first-order chi connectivity index (χ1) is 12.7. The van der Waals surface area contributed by atoms with Gasteiger partial charge in [0.15, 0.2) is 0 Å². The van der Waals surface area contributed by atoms with Gasteiger partial charge in [-0.1, -0.05) is 18.2 Å². The first-order valence-electron chi connectivity index (χ1n) is 8.19. The summed E-state index contributed by atoms with van der Waals surface area (Å²) >= 11 is 0. The molecule has 0 aliphatic carbocycles. The fraction of sp³-hybridized carbons (Fsp3) is 0.0952. The lowest BCUT2D eigenvalue weighted by molar-refractivity contribution is 0.0965. The van der Waals surface area contributed by atoms with E-state index in [1.54, 1.807) is 48.2 Å². The molecule has 2 aromatic heterocycles. The van der Waals surface area contributed by atoms with Crippen LogP contribution in [0.3, 0.4) is 0 Å². The van der Waals surface area contributed by atoms with Gasteiger partial charge in [-0.15, -0.1) is 0 Å². The van der Waals surface area contributed by atoms with E-state index in [2.05, 4.69) is 0 Å². The molecular weight excluding hydrogens is 330 g/mol. The van der Waals surface area contributed by atoms with E-state index in [1.165, 1.54) is 6.26 Å². The molecule has 4 rings (SSSR count). The van der Waals surface area contributed by atoms with Crippen LogP contribution in [0.1, 0.15) is 15.9 Å². The zero-order valence-electron chi connectivity index (χ0n) is 14.2. The summed E-state index contributed by atoms with van der Waals surface area (Å²) in [5, 5.41) is 10.4. The summed E-state index contributed by atoms with van der Waals surface area (Å²) in [7, 11) is 1.59. The van der Waals surface area contributed by atoms with E-state index in [9.17, 15) is 9.90 Å². The molecule has 0 spiro atoms. The Hall–Kier alpha value is -3.31. The molecule has 2 heterocycles. The van der Waals surface area contributed by atoms with Gasteiger partial charge in [0.05, 0.1) is 25.5 Å². The van der Waals surface area contributed by atoms with Gasteiger partial charge in [-0.25, -0.2) is 0 Å². The maximum absolute atomic E-state index is 13.0. The standard InChI is InChI=1S/C21H17NO4/c1-25-16-8-6-14(7-9-16)21(24)22-12-18(17-4-2-3-5-19(17)22)20-15(13-23)10-11-26-20/h2-12,23H,13H2,1H3. The minimum Gasteiger partial charge on any atom is -0.497 e. The summed E-state index contributed by atoms with van der Waals surface area (Å²) in [6.07, 6.45) is 3.30. The fourth-order valence-corrected chi connectivity index (χ4v) is 3.10. The molecule has 130 valence electrons. The number of fused-ring (bicyclic) bond motifs is 1. The third kappa shape index (κ3) is 2.59. The SMILES string of the molecule is COc1ccc(C(=O)n2cc(-c3occc3CO)c3ccccc32)cc1. The number of aliphatic hydroxyl groups excluding tert-OH is 1. The van der Waals surface area contributed by atoms with Crippen LogP contribution in [-0.2, 0) is 6.61 Å². The number of furan rings is 1. The summed E-state index contributed by atoms with van der Waals surface area (Å²) < 4.78 is 12.3. The van der Waals surface area contributed by atoms with Crippen molar-refractivity contribution in [2.45, 2.75) is 6.61 Å². The highest BCUT2D eigenvalue weighted by molar-refractivity contribution is 6.06. The van der Waals surface area contributed by atoms with Crippen LogP contribution in [0.5, 0.6) is 5.75 Å². The zero-order valence-corrected chi connectivity index (χ0v) is 14.2. The fourth-order valence-electron chi connectivity index (χ4n) is 3.10. The number of carbonyl (C=O) groups excluding carboxylic acids is 1. The lowest BCUT2D eigenvalue weighted by Gasteiger charge is -2.05. The number of rotatable bonds is 4. The number of aromatic nitrogens is 1. The van der Waals surface area contributed by atoms with Crippen molar-refractivity contribution in [2.75, 3.05) is 7.11 Å². The number of carbonyl (C=O) groups is 1. The Morgan fingerprint density at radius 1 is 1.12 bits per heavy atom. The Morgan fingerprint density at radius 3 is 2.62 bits per heavy atom. The van der Waals surface area contributed by atoms with Gasteiger partial charge >= 0.3 is 0 Å². The molecule has 4 aromatic rings. The molecule has 0 saturated carbocycles. The quantitative estimate of drug-likeness (QED) is 0.604. The van der Waals surface area contributed by atoms with Gasteiger partial charge in [0, 0.05) is 28.3 Å². The van der Waals surface area contributed by atoms with Crippen molar-refractivity contribution in [3.05, 3.63) is 78.2 Å². The van der Waals surface area contributed by atoms with E-state index in [1.807, 2.05) is 24.3 Å².